The Labute approximate surface area is 206 Å². The molecule has 6 nitrogen and oxygen atoms in total. The molecule has 0 aromatic heterocycles. The molecule has 4 aliphatic rings. The molecule has 5 atom stereocenters. The van der Waals surface area contributed by atoms with E-state index in [1.165, 1.54) is 0 Å². The Morgan fingerprint density at radius 3 is 2.83 bits per heavy atom. The van der Waals surface area contributed by atoms with Crippen molar-refractivity contribution in [3.8, 4) is 23.3 Å². The molecule has 1 amide bonds. The summed E-state index contributed by atoms with van der Waals surface area (Å²) in [5.74, 6) is 6.13. The van der Waals surface area contributed by atoms with Crippen LogP contribution in [0.4, 0.5) is 0 Å². The first-order chi connectivity index (χ1) is 16.6. The van der Waals surface area contributed by atoms with Gasteiger partial charge in [0.05, 0.1) is 17.1 Å². The number of ether oxygens (including phenoxy) is 1. The molecule has 2 bridgehead atoms. The van der Waals surface area contributed by atoms with E-state index in [2.05, 4.69) is 23.8 Å². The number of carbonyl (C=O) groups is 1. The number of benzene rings is 2. The number of aryl methyl sites for hydroxylation is 1. The van der Waals surface area contributed by atoms with E-state index in [0.29, 0.717) is 25.0 Å². The lowest BCUT2D eigenvalue weighted by Crippen LogP contribution is -2.81. The second-order valence-electron chi connectivity index (χ2n) is 11.0. The van der Waals surface area contributed by atoms with E-state index in [0.717, 1.165) is 35.2 Å². The average Bonchev–Trinajstić information content (AvgIpc) is 3.10. The zero-order valence-electron chi connectivity index (χ0n) is 20.8. The first kappa shape index (κ1) is 22.5. The molecule has 6 heteroatoms. The van der Waals surface area contributed by atoms with E-state index in [-0.39, 0.29) is 23.7 Å². The van der Waals surface area contributed by atoms with Gasteiger partial charge in [0.2, 0.25) is 0 Å². The summed E-state index contributed by atoms with van der Waals surface area (Å²) in [5.41, 5.74) is 1.36. The largest absolute Gasteiger partial charge is 0.504 e. The van der Waals surface area contributed by atoms with Gasteiger partial charge in [-0.05, 0) is 82.4 Å². The number of hydrogen-bond acceptors (Lipinski definition) is 5. The molecule has 1 spiro atoms. The fourth-order valence-electron chi connectivity index (χ4n) is 7.82. The van der Waals surface area contributed by atoms with Gasteiger partial charge >= 0.3 is 0 Å². The van der Waals surface area contributed by atoms with E-state index in [9.17, 15) is 15.0 Å². The fourth-order valence-corrected chi connectivity index (χ4v) is 7.82. The minimum Gasteiger partial charge on any atom is -0.504 e. The van der Waals surface area contributed by atoms with Crippen LogP contribution in [0.5, 0.6) is 11.5 Å². The summed E-state index contributed by atoms with van der Waals surface area (Å²) < 4.78 is 6.69. The zero-order chi connectivity index (χ0) is 24.8. The summed E-state index contributed by atoms with van der Waals surface area (Å²) in [7, 11) is 3.87. The number of amides is 1. The summed E-state index contributed by atoms with van der Waals surface area (Å²) in [6, 6.07) is 11.1. The lowest BCUT2D eigenvalue weighted by Gasteiger charge is -2.67. The molecular formula is C29H32N2O4. The summed E-state index contributed by atoms with van der Waals surface area (Å²) in [6.45, 7) is 4.84. The Bertz CT molecular complexity index is 1310. The van der Waals surface area contributed by atoms with Crippen LogP contribution in [0.1, 0.15) is 48.4 Å². The lowest BCUT2D eigenvalue weighted by atomic mass is 9.44. The Morgan fingerprint density at radius 2 is 2.06 bits per heavy atom. The van der Waals surface area contributed by atoms with Gasteiger partial charge < -0.3 is 24.7 Å². The molecule has 2 heterocycles. The van der Waals surface area contributed by atoms with Crippen LogP contribution in [0.3, 0.4) is 0 Å². The van der Waals surface area contributed by atoms with Crippen molar-refractivity contribution in [2.75, 3.05) is 20.6 Å². The van der Waals surface area contributed by atoms with Crippen LogP contribution in [-0.2, 0) is 16.6 Å². The quantitative estimate of drug-likeness (QED) is 0.625. The molecule has 0 radical (unpaired) electrons. The number of likely N-dealkylation sites (N-methyl/N-ethyl adjacent to an activating group) is 2. The molecule has 1 saturated heterocycles. The Hall–Kier alpha value is -3.01. The molecule has 6 rings (SSSR count). The maximum atomic E-state index is 13.3. The van der Waals surface area contributed by atoms with Crippen molar-refractivity contribution in [2.45, 2.75) is 68.2 Å². The Balaban J connectivity index is 1.44. The predicted molar refractivity (Wildman–Crippen MR) is 132 cm³/mol. The summed E-state index contributed by atoms with van der Waals surface area (Å²) in [6.07, 6.45) is 2.57. The van der Waals surface area contributed by atoms with Crippen LogP contribution < -0.4 is 4.74 Å². The molecule has 2 aliphatic heterocycles. The van der Waals surface area contributed by atoms with Crippen molar-refractivity contribution in [2.24, 2.45) is 0 Å². The highest BCUT2D eigenvalue weighted by atomic mass is 16.5. The Morgan fingerprint density at radius 1 is 1.26 bits per heavy atom. The number of aliphatic hydroxyl groups is 1. The number of nitrogens with zero attached hydrogens (tertiary/aromatic N) is 2. The summed E-state index contributed by atoms with van der Waals surface area (Å²) >= 11 is 0. The number of aromatic hydroxyl groups is 1. The van der Waals surface area contributed by atoms with Crippen LogP contribution in [0.25, 0.3) is 0 Å². The molecule has 2 fully saturated rings. The molecule has 2 N–H and O–H groups in total. The van der Waals surface area contributed by atoms with Crippen LogP contribution >= 0.6 is 0 Å². The van der Waals surface area contributed by atoms with Crippen molar-refractivity contribution in [1.29, 1.82) is 0 Å². The van der Waals surface area contributed by atoms with E-state index < -0.39 is 16.6 Å². The van der Waals surface area contributed by atoms with Crippen LogP contribution in [0.15, 0.2) is 36.4 Å². The van der Waals surface area contributed by atoms with E-state index in [1.54, 1.807) is 18.0 Å². The number of rotatable bonds is 1. The van der Waals surface area contributed by atoms with Gasteiger partial charge in [-0.1, -0.05) is 24.1 Å². The molecule has 35 heavy (non-hydrogen) atoms. The fraction of sp³-hybridized carbons (Fsp3) is 0.483. The van der Waals surface area contributed by atoms with Crippen molar-refractivity contribution in [3.63, 3.8) is 0 Å². The van der Waals surface area contributed by atoms with Gasteiger partial charge in [-0.2, -0.15) is 0 Å². The predicted octanol–water partition coefficient (Wildman–Crippen LogP) is 2.75. The SMILES string of the molecule is Cc1cccc(C#CC(=O)N(C)[C@@H]2CC[C@@]3(O)[C@H]4Cc5ccc(O)c6c5[C@@]3(CCN4C)[C@@]2(C)O6)c1. The second kappa shape index (κ2) is 7.25. The first-order valence-corrected chi connectivity index (χ1v) is 12.4. The molecular weight excluding hydrogens is 440 g/mol. The first-order valence-electron chi connectivity index (χ1n) is 12.4. The van der Waals surface area contributed by atoms with Crippen molar-refractivity contribution >= 4 is 5.91 Å². The number of phenols is 1. The molecule has 2 aromatic rings. The number of hydrogen-bond donors (Lipinski definition) is 2. The van der Waals surface area contributed by atoms with Gasteiger partial charge in [0.25, 0.3) is 5.91 Å². The average molecular weight is 473 g/mol. The molecule has 182 valence electrons. The van der Waals surface area contributed by atoms with Crippen LogP contribution in [0, 0.1) is 18.8 Å². The van der Waals surface area contributed by atoms with Crippen molar-refractivity contribution in [1.82, 2.24) is 9.80 Å². The van der Waals surface area contributed by atoms with E-state index in [1.807, 2.05) is 44.2 Å². The number of likely N-dealkylation sites (tertiary alicyclic amines) is 1. The number of phenolic OH excluding ortho intramolecular Hbond substituents is 1. The van der Waals surface area contributed by atoms with Gasteiger partial charge in [0.15, 0.2) is 11.5 Å². The highest BCUT2D eigenvalue weighted by molar-refractivity contribution is 5.94. The Kier molecular flexibility index (Phi) is 4.65. The molecule has 1 saturated carbocycles. The van der Waals surface area contributed by atoms with Crippen LogP contribution in [-0.4, -0.2) is 69.8 Å². The third-order valence-corrected chi connectivity index (χ3v) is 9.44. The zero-order valence-corrected chi connectivity index (χ0v) is 20.8. The van der Waals surface area contributed by atoms with Gasteiger partial charge in [0.1, 0.15) is 5.60 Å². The minimum absolute atomic E-state index is 0.0368. The molecule has 2 aromatic carbocycles. The van der Waals surface area contributed by atoms with E-state index >= 15 is 0 Å². The topological polar surface area (TPSA) is 73.2 Å². The second-order valence-corrected chi connectivity index (χ2v) is 11.0. The smallest absolute Gasteiger partial charge is 0.298 e. The minimum atomic E-state index is -1.01. The van der Waals surface area contributed by atoms with E-state index in [4.69, 9.17) is 4.74 Å². The van der Waals surface area contributed by atoms with Crippen molar-refractivity contribution < 1.29 is 19.7 Å². The third-order valence-electron chi connectivity index (χ3n) is 9.44. The third kappa shape index (κ3) is 2.71. The summed E-state index contributed by atoms with van der Waals surface area (Å²) in [5, 5.41) is 23.2. The highest BCUT2D eigenvalue weighted by Gasteiger charge is 2.78. The standard InChI is InChI=1S/C29H32N2O4/c1-18-6-5-7-19(16-18)8-11-24(33)31(4)22-12-13-29(34)23-17-20-9-10-21(32)26-25(20)28(29,14-15-30(23)3)27(22,2)35-26/h5-7,9-10,16,22-23,32,34H,12-15,17H2,1-4H3/t22-,23-,27+,28+,29-/m1/s1. The van der Waals surface area contributed by atoms with Gasteiger partial charge in [-0.15, -0.1) is 0 Å². The maximum Gasteiger partial charge on any atom is 0.298 e. The lowest BCUT2D eigenvalue weighted by molar-refractivity contribution is -0.226. The molecule has 2 aliphatic carbocycles. The monoisotopic (exact) mass is 472 g/mol. The maximum absolute atomic E-state index is 13.3. The summed E-state index contributed by atoms with van der Waals surface area (Å²) in [4.78, 5) is 17.3. The number of carbonyl (C=O) groups excluding carboxylic acids is 1. The number of piperidine rings is 1. The van der Waals surface area contributed by atoms with Crippen molar-refractivity contribution in [3.05, 3.63) is 58.7 Å². The molecule has 0 unspecified atom stereocenters. The normalized spacial score (nSPS) is 34.3. The van der Waals surface area contributed by atoms with Gasteiger partial charge in [-0.25, -0.2) is 0 Å². The van der Waals surface area contributed by atoms with Gasteiger partial charge in [-0.3, -0.25) is 4.79 Å². The highest BCUT2D eigenvalue weighted by Crippen LogP contribution is 2.69. The van der Waals surface area contributed by atoms with Crippen LogP contribution in [0.2, 0.25) is 0 Å². The van der Waals surface area contributed by atoms with Gasteiger partial charge in [0, 0.05) is 30.1 Å².